The number of rotatable bonds is 2. The maximum Gasteiger partial charge on any atom is 0.241 e. The Morgan fingerprint density at radius 3 is 2.64 bits per heavy atom. The van der Waals surface area contributed by atoms with Crippen molar-refractivity contribution in [2.75, 3.05) is 5.32 Å². The van der Waals surface area contributed by atoms with Crippen LogP contribution in [0.15, 0.2) is 18.2 Å². The zero-order valence-electron chi connectivity index (χ0n) is 8.47. The SMILES string of the molecule is Cc1cccc(NC(=O)C(C)(C)Br)n1. The molecular formula is C10H13BrN2O. The van der Waals surface area contributed by atoms with Gasteiger partial charge in [0.15, 0.2) is 0 Å². The smallest absolute Gasteiger partial charge is 0.241 e. The molecule has 0 aliphatic carbocycles. The number of carbonyl (C=O) groups is 1. The van der Waals surface area contributed by atoms with Crippen molar-refractivity contribution in [1.29, 1.82) is 0 Å². The molecule has 14 heavy (non-hydrogen) atoms. The number of carbonyl (C=O) groups excluding carboxylic acids is 1. The lowest BCUT2D eigenvalue weighted by molar-refractivity contribution is -0.117. The van der Waals surface area contributed by atoms with E-state index in [1.807, 2.05) is 19.1 Å². The van der Waals surface area contributed by atoms with E-state index in [2.05, 4.69) is 26.2 Å². The van der Waals surface area contributed by atoms with Crippen molar-refractivity contribution in [1.82, 2.24) is 4.98 Å². The van der Waals surface area contributed by atoms with Gasteiger partial charge in [-0.2, -0.15) is 0 Å². The summed E-state index contributed by atoms with van der Waals surface area (Å²) in [7, 11) is 0. The number of amides is 1. The molecule has 0 aliphatic rings. The van der Waals surface area contributed by atoms with Crippen LogP contribution in [0.1, 0.15) is 19.5 Å². The predicted octanol–water partition coefficient (Wildman–Crippen LogP) is 2.50. The minimum absolute atomic E-state index is 0.101. The first-order valence-electron chi connectivity index (χ1n) is 4.33. The fraction of sp³-hybridized carbons (Fsp3) is 0.400. The number of anilines is 1. The van der Waals surface area contributed by atoms with E-state index in [1.165, 1.54) is 0 Å². The molecule has 4 heteroatoms. The lowest BCUT2D eigenvalue weighted by Crippen LogP contribution is -2.31. The molecule has 0 atom stereocenters. The Labute approximate surface area is 92.1 Å². The highest BCUT2D eigenvalue weighted by Crippen LogP contribution is 2.17. The summed E-state index contributed by atoms with van der Waals surface area (Å²) in [6, 6.07) is 5.51. The first kappa shape index (κ1) is 11.2. The molecular weight excluding hydrogens is 244 g/mol. The van der Waals surface area contributed by atoms with Crippen LogP contribution in [0.25, 0.3) is 0 Å². The Morgan fingerprint density at radius 2 is 2.14 bits per heavy atom. The van der Waals surface area contributed by atoms with Gasteiger partial charge >= 0.3 is 0 Å². The van der Waals surface area contributed by atoms with E-state index in [0.29, 0.717) is 5.82 Å². The van der Waals surface area contributed by atoms with Crippen molar-refractivity contribution in [2.24, 2.45) is 0 Å². The zero-order valence-corrected chi connectivity index (χ0v) is 10.1. The van der Waals surface area contributed by atoms with Gasteiger partial charge < -0.3 is 5.32 Å². The van der Waals surface area contributed by atoms with E-state index < -0.39 is 4.32 Å². The van der Waals surface area contributed by atoms with E-state index in [4.69, 9.17) is 0 Å². The molecule has 0 aromatic carbocycles. The standard InChI is InChI=1S/C10H13BrN2O/c1-7-5-4-6-8(12-7)13-9(14)10(2,3)11/h4-6H,1-3H3,(H,12,13,14). The number of nitrogens with zero attached hydrogens (tertiary/aromatic N) is 1. The van der Waals surface area contributed by atoms with Gasteiger partial charge in [-0.05, 0) is 32.9 Å². The highest BCUT2D eigenvalue weighted by molar-refractivity contribution is 9.10. The molecule has 1 aromatic rings. The van der Waals surface area contributed by atoms with Gasteiger partial charge in [-0.3, -0.25) is 4.79 Å². The molecule has 1 rings (SSSR count). The zero-order chi connectivity index (χ0) is 10.8. The molecule has 0 saturated carbocycles. The molecule has 0 aliphatic heterocycles. The fourth-order valence-electron chi connectivity index (χ4n) is 0.878. The second kappa shape index (κ2) is 4.09. The molecule has 0 bridgehead atoms. The lowest BCUT2D eigenvalue weighted by Gasteiger charge is -2.15. The van der Waals surface area contributed by atoms with Crippen molar-refractivity contribution < 1.29 is 4.79 Å². The van der Waals surface area contributed by atoms with E-state index in [-0.39, 0.29) is 5.91 Å². The van der Waals surface area contributed by atoms with Gasteiger partial charge in [-0.25, -0.2) is 4.98 Å². The Bertz CT molecular complexity index is 344. The Balaban J connectivity index is 2.75. The van der Waals surface area contributed by atoms with Gasteiger partial charge in [-0.15, -0.1) is 0 Å². The minimum Gasteiger partial charge on any atom is -0.309 e. The minimum atomic E-state index is -0.571. The van der Waals surface area contributed by atoms with E-state index in [0.717, 1.165) is 5.69 Å². The first-order chi connectivity index (χ1) is 6.39. The second-order valence-corrected chi connectivity index (χ2v) is 5.57. The van der Waals surface area contributed by atoms with Crippen molar-refractivity contribution in [3.8, 4) is 0 Å². The van der Waals surface area contributed by atoms with Crippen LogP contribution in [0.2, 0.25) is 0 Å². The monoisotopic (exact) mass is 256 g/mol. The third kappa shape index (κ3) is 3.10. The topological polar surface area (TPSA) is 42.0 Å². The third-order valence-electron chi connectivity index (χ3n) is 1.67. The largest absolute Gasteiger partial charge is 0.309 e. The van der Waals surface area contributed by atoms with Gasteiger partial charge in [0.1, 0.15) is 5.82 Å². The summed E-state index contributed by atoms with van der Waals surface area (Å²) in [4.78, 5) is 15.7. The highest BCUT2D eigenvalue weighted by atomic mass is 79.9. The maximum atomic E-state index is 11.5. The fourth-order valence-corrected chi connectivity index (χ4v) is 0.977. The Morgan fingerprint density at radius 1 is 1.50 bits per heavy atom. The van der Waals surface area contributed by atoms with Gasteiger partial charge in [0, 0.05) is 5.69 Å². The van der Waals surface area contributed by atoms with Crippen LogP contribution in [-0.4, -0.2) is 15.2 Å². The van der Waals surface area contributed by atoms with Gasteiger partial charge in [0.2, 0.25) is 5.91 Å². The molecule has 76 valence electrons. The number of hydrogen-bond donors (Lipinski definition) is 1. The summed E-state index contributed by atoms with van der Waals surface area (Å²) in [5.74, 6) is 0.484. The first-order valence-corrected chi connectivity index (χ1v) is 5.13. The number of alkyl halides is 1. The van der Waals surface area contributed by atoms with Crippen LogP contribution in [0.3, 0.4) is 0 Å². The van der Waals surface area contributed by atoms with Crippen LogP contribution in [0.5, 0.6) is 0 Å². The third-order valence-corrected chi connectivity index (χ3v) is 2.03. The molecule has 0 fully saturated rings. The van der Waals surface area contributed by atoms with E-state index in [9.17, 15) is 4.79 Å². The summed E-state index contributed by atoms with van der Waals surface area (Å²) in [5.41, 5.74) is 0.884. The molecule has 3 nitrogen and oxygen atoms in total. The number of halogens is 1. The normalized spacial score (nSPS) is 11.1. The number of hydrogen-bond acceptors (Lipinski definition) is 2. The molecule has 1 amide bonds. The second-order valence-electron chi connectivity index (χ2n) is 3.59. The summed E-state index contributed by atoms with van der Waals surface area (Å²) < 4.78 is -0.571. The van der Waals surface area contributed by atoms with Gasteiger partial charge in [0.05, 0.1) is 4.32 Å². The number of aromatic nitrogens is 1. The number of aryl methyl sites for hydroxylation is 1. The highest BCUT2D eigenvalue weighted by Gasteiger charge is 2.23. The molecule has 1 N–H and O–H groups in total. The summed E-state index contributed by atoms with van der Waals surface area (Å²) in [6.07, 6.45) is 0. The average molecular weight is 257 g/mol. The average Bonchev–Trinajstić information content (AvgIpc) is 2.02. The Kier molecular flexibility index (Phi) is 3.26. The number of nitrogens with one attached hydrogen (secondary N) is 1. The summed E-state index contributed by atoms with van der Waals surface area (Å²) >= 11 is 3.28. The van der Waals surface area contributed by atoms with Crippen LogP contribution in [0.4, 0.5) is 5.82 Å². The van der Waals surface area contributed by atoms with Crippen LogP contribution in [-0.2, 0) is 4.79 Å². The van der Waals surface area contributed by atoms with Crippen LogP contribution >= 0.6 is 15.9 Å². The van der Waals surface area contributed by atoms with Gasteiger partial charge in [0.25, 0.3) is 0 Å². The van der Waals surface area contributed by atoms with Crippen molar-refractivity contribution >= 4 is 27.7 Å². The molecule has 1 heterocycles. The van der Waals surface area contributed by atoms with E-state index in [1.54, 1.807) is 19.9 Å². The van der Waals surface area contributed by atoms with Crippen LogP contribution in [0, 0.1) is 6.92 Å². The van der Waals surface area contributed by atoms with Crippen molar-refractivity contribution in [3.05, 3.63) is 23.9 Å². The summed E-state index contributed by atoms with van der Waals surface area (Å²) in [6.45, 7) is 5.46. The Hall–Kier alpha value is -0.900. The number of pyridine rings is 1. The van der Waals surface area contributed by atoms with E-state index >= 15 is 0 Å². The maximum absolute atomic E-state index is 11.5. The predicted molar refractivity (Wildman–Crippen MR) is 60.6 cm³/mol. The van der Waals surface area contributed by atoms with Crippen molar-refractivity contribution in [3.63, 3.8) is 0 Å². The molecule has 0 spiro atoms. The molecule has 0 unspecified atom stereocenters. The van der Waals surface area contributed by atoms with Crippen LogP contribution < -0.4 is 5.32 Å². The molecule has 0 saturated heterocycles. The quantitative estimate of drug-likeness (QED) is 0.827. The van der Waals surface area contributed by atoms with Gasteiger partial charge in [-0.1, -0.05) is 22.0 Å². The lowest BCUT2D eigenvalue weighted by atomic mass is 10.2. The van der Waals surface area contributed by atoms with Crippen molar-refractivity contribution in [2.45, 2.75) is 25.1 Å². The molecule has 0 radical (unpaired) electrons. The molecule has 1 aromatic heterocycles. The summed E-state index contributed by atoms with van der Waals surface area (Å²) in [5, 5.41) is 2.73.